The van der Waals surface area contributed by atoms with Gasteiger partial charge in [0.1, 0.15) is 0 Å². The second-order valence-electron chi connectivity index (χ2n) is 5.94. The summed E-state index contributed by atoms with van der Waals surface area (Å²) in [5.74, 6) is 0. The summed E-state index contributed by atoms with van der Waals surface area (Å²) < 4.78 is 0. The quantitative estimate of drug-likeness (QED) is 0.570. The molecule has 5 heteroatoms. The molecule has 5 nitrogen and oxygen atoms in total. The highest BCUT2D eigenvalue weighted by Gasteiger charge is 2.20. The van der Waals surface area contributed by atoms with Crippen LogP contribution in [0, 0.1) is 10.1 Å². The summed E-state index contributed by atoms with van der Waals surface area (Å²) in [6, 6.07) is 10.8. The molecule has 2 aromatic carbocycles. The van der Waals surface area contributed by atoms with Gasteiger partial charge in [-0.25, -0.2) is 0 Å². The minimum atomic E-state index is -0.931. The molecule has 0 aliphatic carbocycles. The zero-order valence-electron chi connectivity index (χ0n) is 11.9. The summed E-state index contributed by atoms with van der Waals surface area (Å²) in [5.41, 5.74) is 1.66. The smallest absolute Gasteiger partial charge is 0.270 e. The fourth-order valence-electron chi connectivity index (χ4n) is 2.72. The van der Waals surface area contributed by atoms with Crippen LogP contribution < -0.4 is 0 Å². The fraction of sp³-hybridized carbons (Fsp3) is 0.250. The van der Waals surface area contributed by atoms with E-state index in [1.54, 1.807) is 19.9 Å². The Labute approximate surface area is 121 Å². The first-order valence-electron chi connectivity index (χ1n) is 6.75. The minimum Gasteiger partial charge on any atom is -0.390 e. The van der Waals surface area contributed by atoms with Crippen LogP contribution in [0.3, 0.4) is 0 Å². The lowest BCUT2D eigenvalue weighted by atomic mass is 9.96. The average molecular weight is 284 g/mol. The van der Waals surface area contributed by atoms with Gasteiger partial charge >= 0.3 is 0 Å². The molecule has 0 atom stereocenters. The van der Waals surface area contributed by atoms with Crippen molar-refractivity contribution >= 4 is 27.5 Å². The molecule has 1 heterocycles. The number of hydrogen-bond donors (Lipinski definition) is 2. The lowest BCUT2D eigenvalue weighted by molar-refractivity contribution is -0.384. The average Bonchev–Trinajstić information content (AvgIpc) is 2.76. The molecular weight excluding hydrogens is 268 g/mol. The highest BCUT2D eigenvalue weighted by molar-refractivity contribution is 6.09. The standard InChI is InChI=1S/C16H16N2O3/c1-16(2,19)9-10-7-11(18(20)21)8-13-12-5-3-4-6-14(12)17-15(10)13/h3-8,17,19H,9H2,1-2H3. The van der Waals surface area contributed by atoms with Crippen molar-refractivity contribution in [3.05, 3.63) is 52.1 Å². The number of fused-ring (bicyclic) bond motifs is 3. The van der Waals surface area contributed by atoms with E-state index in [0.717, 1.165) is 27.4 Å². The second kappa shape index (κ2) is 4.56. The fourth-order valence-corrected chi connectivity index (χ4v) is 2.72. The summed E-state index contributed by atoms with van der Waals surface area (Å²) in [6.45, 7) is 3.39. The number of nitrogens with zero attached hydrogens (tertiary/aromatic N) is 1. The predicted octanol–water partition coefficient (Wildman–Crippen LogP) is 3.54. The molecule has 3 aromatic rings. The van der Waals surface area contributed by atoms with Gasteiger partial charge < -0.3 is 10.1 Å². The van der Waals surface area contributed by atoms with Gasteiger partial charge in [-0.2, -0.15) is 0 Å². The molecule has 0 saturated carbocycles. The topological polar surface area (TPSA) is 79.2 Å². The zero-order chi connectivity index (χ0) is 15.2. The molecule has 21 heavy (non-hydrogen) atoms. The lowest BCUT2D eigenvalue weighted by Crippen LogP contribution is -2.22. The van der Waals surface area contributed by atoms with Gasteiger partial charge in [0, 0.05) is 34.8 Å². The molecule has 0 bridgehead atoms. The van der Waals surface area contributed by atoms with Crippen molar-refractivity contribution in [2.24, 2.45) is 0 Å². The first-order chi connectivity index (χ1) is 9.85. The Balaban J connectivity index is 2.36. The van der Waals surface area contributed by atoms with E-state index in [1.807, 2.05) is 24.3 Å². The van der Waals surface area contributed by atoms with Crippen molar-refractivity contribution < 1.29 is 10.0 Å². The number of benzene rings is 2. The van der Waals surface area contributed by atoms with Crippen molar-refractivity contribution in [3.8, 4) is 0 Å². The molecule has 0 fully saturated rings. The third kappa shape index (κ3) is 2.48. The highest BCUT2D eigenvalue weighted by atomic mass is 16.6. The zero-order valence-corrected chi connectivity index (χ0v) is 11.9. The third-order valence-corrected chi connectivity index (χ3v) is 3.52. The van der Waals surface area contributed by atoms with E-state index < -0.39 is 10.5 Å². The first kappa shape index (κ1) is 13.6. The minimum absolute atomic E-state index is 0.0477. The molecule has 0 spiro atoms. The van der Waals surface area contributed by atoms with E-state index in [-0.39, 0.29) is 5.69 Å². The largest absolute Gasteiger partial charge is 0.390 e. The summed E-state index contributed by atoms with van der Waals surface area (Å²) in [4.78, 5) is 14.1. The number of aliphatic hydroxyl groups is 1. The molecule has 3 rings (SSSR count). The molecule has 0 aliphatic heterocycles. The number of rotatable bonds is 3. The van der Waals surface area contributed by atoms with Crippen molar-refractivity contribution in [1.29, 1.82) is 0 Å². The maximum absolute atomic E-state index is 11.2. The number of para-hydroxylation sites is 1. The van der Waals surface area contributed by atoms with E-state index in [1.165, 1.54) is 6.07 Å². The van der Waals surface area contributed by atoms with E-state index in [9.17, 15) is 15.2 Å². The van der Waals surface area contributed by atoms with Gasteiger partial charge in [0.25, 0.3) is 5.69 Å². The number of non-ortho nitro benzene ring substituents is 1. The summed E-state index contributed by atoms with van der Waals surface area (Å²) in [6.07, 6.45) is 0.345. The summed E-state index contributed by atoms with van der Waals surface area (Å²) in [7, 11) is 0. The molecule has 0 unspecified atom stereocenters. The summed E-state index contributed by atoms with van der Waals surface area (Å²) >= 11 is 0. The number of nitro groups is 1. The van der Waals surface area contributed by atoms with E-state index >= 15 is 0 Å². The Morgan fingerprint density at radius 1 is 1.24 bits per heavy atom. The Kier molecular flexibility index (Phi) is 2.95. The highest BCUT2D eigenvalue weighted by Crippen LogP contribution is 2.33. The SMILES string of the molecule is CC(C)(O)Cc1cc([N+](=O)[O-])cc2c1[nH]c1ccccc12. The van der Waals surface area contributed by atoms with Crippen LogP contribution in [0.15, 0.2) is 36.4 Å². The van der Waals surface area contributed by atoms with Crippen LogP contribution in [-0.4, -0.2) is 20.6 Å². The Hall–Kier alpha value is -2.40. The van der Waals surface area contributed by atoms with Gasteiger partial charge in [0.05, 0.1) is 16.0 Å². The molecule has 108 valence electrons. The maximum Gasteiger partial charge on any atom is 0.270 e. The number of hydrogen-bond acceptors (Lipinski definition) is 3. The number of aromatic nitrogens is 1. The van der Waals surface area contributed by atoms with Gasteiger partial charge in [0.2, 0.25) is 0 Å². The van der Waals surface area contributed by atoms with Gasteiger partial charge in [-0.3, -0.25) is 10.1 Å². The van der Waals surface area contributed by atoms with E-state index in [0.29, 0.717) is 6.42 Å². The van der Waals surface area contributed by atoms with Crippen molar-refractivity contribution in [2.45, 2.75) is 25.9 Å². The normalized spacial score (nSPS) is 12.1. The molecule has 1 aromatic heterocycles. The van der Waals surface area contributed by atoms with Crippen LogP contribution >= 0.6 is 0 Å². The molecule has 0 aliphatic rings. The Morgan fingerprint density at radius 2 is 1.95 bits per heavy atom. The molecule has 2 N–H and O–H groups in total. The summed E-state index contributed by atoms with van der Waals surface area (Å²) in [5, 5.41) is 23.0. The van der Waals surface area contributed by atoms with Gasteiger partial charge in [-0.15, -0.1) is 0 Å². The third-order valence-electron chi connectivity index (χ3n) is 3.52. The Morgan fingerprint density at radius 3 is 2.62 bits per heavy atom. The molecule has 0 saturated heterocycles. The monoisotopic (exact) mass is 284 g/mol. The number of nitro benzene ring substituents is 1. The molecular formula is C16H16N2O3. The van der Waals surface area contributed by atoms with Crippen LogP contribution in [0.2, 0.25) is 0 Å². The number of aromatic amines is 1. The van der Waals surface area contributed by atoms with E-state index in [2.05, 4.69) is 4.98 Å². The Bertz CT molecular complexity index is 844. The van der Waals surface area contributed by atoms with E-state index in [4.69, 9.17) is 0 Å². The van der Waals surface area contributed by atoms with Crippen molar-refractivity contribution in [2.75, 3.05) is 0 Å². The number of nitrogens with one attached hydrogen (secondary N) is 1. The molecule has 0 radical (unpaired) electrons. The first-order valence-corrected chi connectivity index (χ1v) is 6.75. The van der Waals surface area contributed by atoms with Gasteiger partial charge in [-0.05, 0) is 25.5 Å². The van der Waals surface area contributed by atoms with Gasteiger partial charge in [0.15, 0.2) is 0 Å². The van der Waals surface area contributed by atoms with Crippen LogP contribution in [0.4, 0.5) is 5.69 Å². The van der Waals surface area contributed by atoms with Gasteiger partial charge in [-0.1, -0.05) is 18.2 Å². The van der Waals surface area contributed by atoms with Crippen LogP contribution in [0.25, 0.3) is 21.8 Å². The van der Waals surface area contributed by atoms with Crippen LogP contribution in [0.1, 0.15) is 19.4 Å². The van der Waals surface area contributed by atoms with Crippen molar-refractivity contribution in [3.63, 3.8) is 0 Å². The predicted molar refractivity (Wildman–Crippen MR) is 82.5 cm³/mol. The number of H-pyrrole nitrogens is 1. The maximum atomic E-state index is 11.2. The molecule has 0 amide bonds. The van der Waals surface area contributed by atoms with Crippen molar-refractivity contribution in [1.82, 2.24) is 4.98 Å². The second-order valence-corrected chi connectivity index (χ2v) is 5.94. The van der Waals surface area contributed by atoms with Crippen LogP contribution in [0.5, 0.6) is 0 Å². The van der Waals surface area contributed by atoms with Crippen LogP contribution in [-0.2, 0) is 6.42 Å². The lowest BCUT2D eigenvalue weighted by Gasteiger charge is -2.17.